The van der Waals surface area contributed by atoms with E-state index in [-0.39, 0.29) is 6.42 Å². The van der Waals surface area contributed by atoms with Crippen molar-refractivity contribution in [3.63, 3.8) is 0 Å². The zero-order valence-corrected chi connectivity index (χ0v) is 14.1. The first-order valence-corrected chi connectivity index (χ1v) is 8.68. The summed E-state index contributed by atoms with van der Waals surface area (Å²) >= 11 is 0. The number of rotatable bonds is 14. The molecular formula is C20H32O2. The van der Waals surface area contributed by atoms with Crippen LogP contribution in [0.15, 0.2) is 42.2 Å². The Morgan fingerprint density at radius 1 is 0.864 bits per heavy atom. The van der Waals surface area contributed by atoms with Gasteiger partial charge in [-0.05, 0) is 44.3 Å². The van der Waals surface area contributed by atoms with Gasteiger partial charge in [0.1, 0.15) is 0 Å². The molecule has 0 aliphatic heterocycles. The second-order valence-corrected chi connectivity index (χ2v) is 5.48. The van der Waals surface area contributed by atoms with Gasteiger partial charge >= 0.3 is 5.97 Å². The van der Waals surface area contributed by atoms with Crippen LogP contribution in [0.25, 0.3) is 0 Å². The summed E-state index contributed by atoms with van der Waals surface area (Å²) in [4.78, 5) is 10.3. The first-order valence-electron chi connectivity index (χ1n) is 8.68. The van der Waals surface area contributed by atoms with E-state index in [4.69, 9.17) is 5.11 Å². The average Bonchev–Trinajstić information content (AvgIpc) is 2.50. The van der Waals surface area contributed by atoms with Crippen LogP contribution in [0.2, 0.25) is 0 Å². The van der Waals surface area contributed by atoms with E-state index in [9.17, 15) is 4.79 Å². The largest absolute Gasteiger partial charge is 0.481 e. The third-order valence-corrected chi connectivity index (χ3v) is 3.32. The van der Waals surface area contributed by atoms with E-state index in [2.05, 4.69) is 37.0 Å². The predicted octanol–water partition coefficient (Wildman–Crippen LogP) is 6.21. The topological polar surface area (TPSA) is 37.3 Å². The lowest BCUT2D eigenvalue weighted by molar-refractivity contribution is -0.136. The molecule has 0 fully saturated rings. The summed E-state index contributed by atoms with van der Waals surface area (Å²) in [7, 11) is 0. The molecule has 0 saturated heterocycles. The average molecular weight is 304 g/mol. The lowest BCUT2D eigenvalue weighted by Gasteiger charge is -1.97. The second kappa shape index (κ2) is 17.5. The molecule has 0 amide bonds. The monoisotopic (exact) mass is 304 g/mol. The molecule has 1 N–H and O–H groups in total. The molecule has 124 valence electrons. The van der Waals surface area contributed by atoms with Gasteiger partial charge in [0.25, 0.3) is 0 Å². The summed E-state index contributed by atoms with van der Waals surface area (Å²) in [6.45, 7) is 2.25. The standard InChI is InChI=1S/C20H32O2/c1-2-3-4-5-6-7-8-9-10-11-12-13-14-15-16-17-18-19-20(21)22/h9-10,12-13,15,17H,2-8,11,14,18-19H2,1H3,(H,21,22). The van der Waals surface area contributed by atoms with Crippen LogP contribution in [0.1, 0.15) is 77.6 Å². The molecule has 22 heavy (non-hydrogen) atoms. The maximum absolute atomic E-state index is 10.3. The number of aliphatic carboxylic acids is 1. The fourth-order valence-corrected chi connectivity index (χ4v) is 2.03. The Bertz CT molecular complexity index is 371. The summed E-state index contributed by atoms with van der Waals surface area (Å²) in [6.07, 6.45) is 24.4. The minimum atomic E-state index is -0.759. The molecule has 0 aliphatic carbocycles. The maximum atomic E-state index is 10.3. The SMILES string of the molecule is CCCCCCCCC=CCC=CCC=C=CCCC(=O)O. The van der Waals surface area contributed by atoms with E-state index >= 15 is 0 Å². The van der Waals surface area contributed by atoms with Gasteiger partial charge in [0.15, 0.2) is 0 Å². The van der Waals surface area contributed by atoms with Gasteiger partial charge in [0, 0.05) is 6.42 Å². The lowest BCUT2D eigenvalue weighted by Crippen LogP contribution is -1.91. The molecule has 0 spiro atoms. The molecule has 2 nitrogen and oxygen atoms in total. The summed E-state index contributed by atoms with van der Waals surface area (Å²) in [6, 6.07) is 0. The molecule has 0 aromatic rings. The molecule has 2 heteroatoms. The fraction of sp³-hybridized carbons (Fsp3) is 0.600. The van der Waals surface area contributed by atoms with E-state index in [0.29, 0.717) is 6.42 Å². The Kier molecular flexibility index (Phi) is 16.3. The van der Waals surface area contributed by atoms with Crippen molar-refractivity contribution in [2.45, 2.75) is 77.6 Å². The summed E-state index contributed by atoms with van der Waals surface area (Å²) < 4.78 is 0. The summed E-state index contributed by atoms with van der Waals surface area (Å²) in [5, 5.41) is 8.46. The first-order chi connectivity index (χ1) is 10.8. The minimum absolute atomic E-state index is 0.181. The third kappa shape index (κ3) is 18.5. The molecule has 0 atom stereocenters. The van der Waals surface area contributed by atoms with Crippen molar-refractivity contribution in [1.82, 2.24) is 0 Å². The Morgan fingerprint density at radius 3 is 2.32 bits per heavy atom. The first kappa shape index (κ1) is 20.5. The minimum Gasteiger partial charge on any atom is -0.481 e. The Hall–Kier alpha value is -1.53. The van der Waals surface area contributed by atoms with Crippen molar-refractivity contribution in [1.29, 1.82) is 0 Å². The zero-order valence-electron chi connectivity index (χ0n) is 14.1. The molecule has 0 aliphatic rings. The van der Waals surface area contributed by atoms with Crippen molar-refractivity contribution >= 4 is 5.97 Å². The van der Waals surface area contributed by atoms with Crippen LogP contribution in [0.5, 0.6) is 0 Å². The predicted molar refractivity (Wildman–Crippen MR) is 95.0 cm³/mol. The van der Waals surface area contributed by atoms with Crippen LogP contribution in [0, 0.1) is 0 Å². The van der Waals surface area contributed by atoms with E-state index in [1.54, 1.807) is 6.08 Å². The highest BCUT2D eigenvalue weighted by atomic mass is 16.4. The van der Waals surface area contributed by atoms with Gasteiger partial charge in [-0.2, -0.15) is 0 Å². The number of hydrogen-bond donors (Lipinski definition) is 1. The van der Waals surface area contributed by atoms with E-state index < -0.39 is 5.97 Å². The molecule has 0 radical (unpaired) electrons. The molecule has 0 bridgehead atoms. The number of carbonyl (C=O) groups is 1. The van der Waals surface area contributed by atoms with E-state index in [0.717, 1.165) is 12.8 Å². The Labute approximate surface area is 136 Å². The number of allylic oxidation sites excluding steroid dienone is 5. The third-order valence-electron chi connectivity index (χ3n) is 3.32. The van der Waals surface area contributed by atoms with Crippen LogP contribution < -0.4 is 0 Å². The number of carboxylic acids is 1. The van der Waals surface area contributed by atoms with Gasteiger partial charge in [-0.1, -0.05) is 63.3 Å². The van der Waals surface area contributed by atoms with Crippen LogP contribution in [0.4, 0.5) is 0 Å². The van der Waals surface area contributed by atoms with Gasteiger partial charge in [-0.3, -0.25) is 4.79 Å². The van der Waals surface area contributed by atoms with Gasteiger partial charge in [-0.25, -0.2) is 0 Å². The highest BCUT2D eigenvalue weighted by Crippen LogP contribution is 2.07. The van der Waals surface area contributed by atoms with E-state index in [1.807, 2.05) is 6.08 Å². The number of carboxylic acid groups (broad SMARTS) is 1. The van der Waals surface area contributed by atoms with Gasteiger partial charge in [0.2, 0.25) is 0 Å². The van der Waals surface area contributed by atoms with Crippen molar-refractivity contribution < 1.29 is 9.90 Å². The fourth-order valence-electron chi connectivity index (χ4n) is 2.03. The smallest absolute Gasteiger partial charge is 0.303 e. The lowest BCUT2D eigenvalue weighted by atomic mass is 10.1. The summed E-state index contributed by atoms with van der Waals surface area (Å²) in [5.74, 6) is -0.759. The highest BCUT2D eigenvalue weighted by molar-refractivity contribution is 5.66. The molecular weight excluding hydrogens is 272 g/mol. The van der Waals surface area contributed by atoms with Crippen molar-refractivity contribution in [2.24, 2.45) is 0 Å². The summed E-state index contributed by atoms with van der Waals surface area (Å²) in [5.41, 5.74) is 3.00. The molecule has 0 rings (SSSR count). The number of hydrogen-bond acceptors (Lipinski definition) is 1. The molecule has 0 unspecified atom stereocenters. The highest BCUT2D eigenvalue weighted by Gasteiger charge is 1.90. The Balaban J connectivity index is 3.40. The van der Waals surface area contributed by atoms with Crippen LogP contribution in [-0.4, -0.2) is 11.1 Å². The van der Waals surface area contributed by atoms with Crippen molar-refractivity contribution in [3.05, 3.63) is 42.2 Å². The van der Waals surface area contributed by atoms with Crippen molar-refractivity contribution in [2.75, 3.05) is 0 Å². The molecule has 0 aromatic carbocycles. The van der Waals surface area contributed by atoms with Gasteiger partial charge in [0.05, 0.1) is 0 Å². The second-order valence-electron chi connectivity index (χ2n) is 5.48. The molecule has 0 aromatic heterocycles. The van der Waals surface area contributed by atoms with Gasteiger partial charge < -0.3 is 5.11 Å². The van der Waals surface area contributed by atoms with Gasteiger partial charge in [-0.15, -0.1) is 5.73 Å². The quantitative estimate of drug-likeness (QED) is 0.235. The van der Waals surface area contributed by atoms with Crippen LogP contribution >= 0.6 is 0 Å². The van der Waals surface area contributed by atoms with E-state index in [1.165, 1.54) is 44.9 Å². The molecule has 0 saturated carbocycles. The van der Waals surface area contributed by atoms with Crippen LogP contribution in [0.3, 0.4) is 0 Å². The van der Waals surface area contributed by atoms with Crippen molar-refractivity contribution in [3.8, 4) is 0 Å². The maximum Gasteiger partial charge on any atom is 0.303 e. The molecule has 0 heterocycles. The Morgan fingerprint density at radius 2 is 1.55 bits per heavy atom. The number of unbranched alkanes of at least 4 members (excludes halogenated alkanes) is 6. The zero-order chi connectivity index (χ0) is 16.3. The normalized spacial score (nSPS) is 11.0. The van der Waals surface area contributed by atoms with Crippen LogP contribution in [-0.2, 0) is 4.79 Å².